The number of rotatable bonds is 13. The fourth-order valence-electron chi connectivity index (χ4n) is 3.89. The molecule has 0 aliphatic heterocycles. The van der Waals surface area contributed by atoms with Gasteiger partial charge in [-0.05, 0) is 50.8 Å². The smallest absolute Gasteiger partial charge is 0.242 e. The first kappa shape index (κ1) is 28.4. The summed E-state index contributed by atoms with van der Waals surface area (Å²) in [7, 11) is -3.50. The molecule has 0 fully saturated rings. The van der Waals surface area contributed by atoms with Gasteiger partial charge in [-0.25, -0.2) is 8.42 Å². The maximum Gasteiger partial charge on any atom is 0.242 e. The van der Waals surface area contributed by atoms with Crippen LogP contribution in [0.3, 0.4) is 0 Å². The second kappa shape index (κ2) is 13.3. The molecule has 0 radical (unpaired) electrons. The number of nitrogens with zero attached hydrogens (tertiary/aromatic N) is 2. The fraction of sp³-hybridized carbons (Fsp3) is 0.481. The van der Waals surface area contributed by atoms with Gasteiger partial charge >= 0.3 is 0 Å². The van der Waals surface area contributed by atoms with Crippen molar-refractivity contribution in [3.8, 4) is 0 Å². The highest BCUT2D eigenvalue weighted by molar-refractivity contribution is 7.92. The Morgan fingerprint density at radius 3 is 2.03 bits per heavy atom. The zero-order valence-electron chi connectivity index (χ0n) is 21.6. The van der Waals surface area contributed by atoms with Crippen molar-refractivity contribution in [2.24, 2.45) is 0 Å². The van der Waals surface area contributed by atoms with Gasteiger partial charge in [0.2, 0.25) is 21.8 Å². The van der Waals surface area contributed by atoms with Gasteiger partial charge in [0.15, 0.2) is 0 Å². The number of amides is 2. The molecule has 1 N–H and O–H groups in total. The molecular formula is C27H39N3O4S. The third kappa shape index (κ3) is 8.69. The molecule has 192 valence electrons. The van der Waals surface area contributed by atoms with Crippen molar-refractivity contribution in [1.29, 1.82) is 0 Å². The van der Waals surface area contributed by atoms with Crippen molar-refractivity contribution in [2.75, 3.05) is 23.7 Å². The van der Waals surface area contributed by atoms with Crippen molar-refractivity contribution < 1.29 is 18.0 Å². The van der Waals surface area contributed by atoms with Crippen LogP contribution in [0, 0.1) is 13.8 Å². The number of aryl methyl sites for hydroxylation is 2. The van der Waals surface area contributed by atoms with Gasteiger partial charge in [-0.2, -0.15) is 0 Å². The Bertz CT molecular complexity index is 1070. The zero-order valence-corrected chi connectivity index (χ0v) is 22.4. The maximum atomic E-state index is 13.4. The molecule has 0 unspecified atom stereocenters. The molecule has 2 rings (SSSR count). The normalized spacial score (nSPS) is 12.1. The van der Waals surface area contributed by atoms with Crippen LogP contribution in [-0.2, 0) is 26.2 Å². The lowest BCUT2D eigenvalue weighted by Gasteiger charge is -2.31. The Balaban J connectivity index is 2.18. The van der Waals surface area contributed by atoms with Crippen molar-refractivity contribution in [3.05, 3.63) is 65.2 Å². The highest BCUT2D eigenvalue weighted by Gasteiger charge is 2.28. The van der Waals surface area contributed by atoms with E-state index in [-0.39, 0.29) is 24.8 Å². The second-order valence-electron chi connectivity index (χ2n) is 9.00. The summed E-state index contributed by atoms with van der Waals surface area (Å²) in [6.45, 7) is 8.89. The van der Waals surface area contributed by atoms with E-state index in [2.05, 4.69) is 5.32 Å². The number of carbonyl (C=O) groups is 2. The van der Waals surface area contributed by atoms with Crippen molar-refractivity contribution in [3.63, 3.8) is 0 Å². The molecule has 0 saturated heterocycles. The average Bonchev–Trinajstić information content (AvgIpc) is 2.81. The van der Waals surface area contributed by atoms with Gasteiger partial charge in [-0.3, -0.25) is 13.9 Å². The number of benzene rings is 2. The van der Waals surface area contributed by atoms with Gasteiger partial charge in [-0.1, -0.05) is 61.4 Å². The van der Waals surface area contributed by atoms with Gasteiger partial charge < -0.3 is 10.2 Å². The summed E-state index contributed by atoms with van der Waals surface area (Å²) in [5, 5.41) is 2.91. The molecule has 2 aromatic rings. The molecule has 1 atom stereocenters. The highest BCUT2D eigenvalue weighted by Crippen LogP contribution is 2.20. The predicted octanol–water partition coefficient (Wildman–Crippen LogP) is 4.18. The predicted molar refractivity (Wildman–Crippen MR) is 142 cm³/mol. The monoisotopic (exact) mass is 501 g/mol. The lowest BCUT2D eigenvalue weighted by atomic mass is 10.1. The first-order valence-electron chi connectivity index (χ1n) is 12.2. The summed E-state index contributed by atoms with van der Waals surface area (Å²) in [4.78, 5) is 27.9. The summed E-state index contributed by atoms with van der Waals surface area (Å²) >= 11 is 0. The van der Waals surface area contributed by atoms with E-state index in [1.807, 2.05) is 64.1 Å². The van der Waals surface area contributed by atoms with E-state index in [9.17, 15) is 18.0 Å². The SMILES string of the molecule is CCCNC(=O)[C@@H](CC)N(Cc1ccc(C)cc1)C(=O)CCCN(c1ccc(C)cc1)S(C)(=O)=O. The molecule has 0 aliphatic carbocycles. The number of hydrogen-bond acceptors (Lipinski definition) is 4. The molecule has 0 aliphatic rings. The van der Waals surface area contributed by atoms with E-state index < -0.39 is 16.1 Å². The molecule has 2 aromatic carbocycles. The number of hydrogen-bond donors (Lipinski definition) is 1. The number of nitrogens with one attached hydrogen (secondary N) is 1. The van der Waals surface area contributed by atoms with Crippen LogP contribution in [0.1, 0.15) is 56.2 Å². The molecule has 0 aromatic heterocycles. The standard InChI is InChI=1S/C27H39N3O4S/c1-6-18-28-27(32)25(7-2)29(20-23-14-10-21(3)11-15-23)26(31)9-8-19-30(35(5,33)34)24-16-12-22(4)13-17-24/h10-17,25H,6-9,18-20H2,1-5H3,(H,28,32)/t25-/m1/s1. The second-order valence-corrected chi connectivity index (χ2v) is 10.9. The van der Waals surface area contributed by atoms with Crippen LogP contribution < -0.4 is 9.62 Å². The van der Waals surface area contributed by atoms with Crippen LogP contribution in [0.2, 0.25) is 0 Å². The third-order valence-corrected chi connectivity index (χ3v) is 7.08. The first-order valence-corrected chi connectivity index (χ1v) is 14.1. The molecule has 0 heterocycles. The molecule has 8 heteroatoms. The lowest BCUT2D eigenvalue weighted by Crippen LogP contribution is -2.49. The number of carbonyl (C=O) groups excluding carboxylic acids is 2. The Kier molecular flexibility index (Phi) is 10.8. The van der Waals surface area contributed by atoms with Gasteiger partial charge in [0, 0.05) is 26.1 Å². The third-order valence-electron chi connectivity index (χ3n) is 5.88. The van der Waals surface area contributed by atoms with E-state index >= 15 is 0 Å². The minimum atomic E-state index is -3.50. The van der Waals surface area contributed by atoms with Crippen LogP contribution in [0.5, 0.6) is 0 Å². The quantitative estimate of drug-likeness (QED) is 0.446. The highest BCUT2D eigenvalue weighted by atomic mass is 32.2. The summed E-state index contributed by atoms with van der Waals surface area (Å²) in [5.41, 5.74) is 3.68. The molecule has 35 heavy (non-hydrogen) atoms. The summed E-state index contributed by atoms with van der Waals surface area (Å²) in [6, 6.07) is 14.6. The van der Waals surface area contributed by atoms with E-state index in [0.29, 0.717) is 31.6 Å². The minimum absolute atomic E-state index is 0.140. The molecule has 0 spiro atoms. The average molecular weight is 502 g/mol. The van der Waals surface area contributed by atoms with E-state index in [4.69, 9.17) is 0 Å². The van der Waals surface area contributed by atoms with Gasteiger partial charge in [0.1, 0.15) is 6.04 Å². The molecule has 7 nitrogen and oxygen atoms in total. The summed E-state index contributed by atoms with van der Waals surface area (Å²) in [6.07, 6.45) is 2.96. The lowest BCUT2D eigenvalue weighted by molar-refractivity contribution is -0.141. The van der Waals surface area contributed by atoms with E-state index in [0.717, 1.165) is 23.1 Å². The van der Waals surface area contributed by atoms with Crippen LogP contribution in [0.4, 0.5) is 5.69 Å². The fourth-order valence-corrected chi connectivity index (χ4v) is 4.86. The zero-order chi connectivity index (χ0) is 26.0. The van der Waals surface area contributed by atoms with E-state index in [1.165, 1.54) is 10.6 Å². The first-order chi connectivity index (χ1) is 16.6. The van der Waals surface area contributed by atoms with Crippen molar-refractivity contribution in [2.45, 2.75) is 66.0 Å². The van der Waals surface area contributed by atoms with Crippen molar-refractivity contribution in [1.82, 2.24) is 10.2 Å². The number of anilines is 1. The van der Waals surface area contributed by atoms with Crippen LogP contribution >= 0.6 is 0 Å². The molecule has 0 saturated carbocycles. The Labute approximate surface area is 210 Å². The van der Waals surface area contributed by atoms with Crippen molar-refractivity contribution >= 4 is 27.5 Å². The van der Waals surface area contributed by atoms with E-state index in [1.54, 1.807) is 17.0 Å². The maximum absolute atomic E-state index is 13.4. The molecule has 0 bridgehead atoms. The number of sulfonamides is 1. The Morgan fingerprint density at radius 2 is 1.51 bits per heavy atom. The van der Waals surface area contributed by atoms with Gasteiger partial charge in [-0.15, -0.1) is 0 Å². The summed E-state index contributed by atoms with van der Waals surface area (Å²) < 4.78 is 26.2. The molecule has 2 amide bonds. The Morgan fingerprint density at radius 1 is 0.943 bits per heavy atom. The Hall–Kier alpha value is -2.87. The van der Waals surface area contributed by atoms with Crippen LogP contribution in [0.15, 0.2) is 48.5 Å². The topological polar surface area (TPSA) is 86.8 Å². The minimum Gasteiger partial charge on any atom is -0.354 e. The van der Waals surface area contributed by atoms with Gasteiger partial charge in [0.05, 0.1) is 11.9 Å². The molecular weight excluding hydrogens is 462 g/mol. The largest absolute Gasteiger partial charge is 0.354 e. The van der Waals surface area contributed by atoms with Gasteiger partial charge in [0.25, 0.3) is 0 Å². The van der Waals surface area contributed by atoms with Crippen LogP contribution in [-0.4, -0.2) is 50.5 Å². The van der Waals surface area contributed by atoms with Crippen LogP contribution in [0.25, 0.3) is 0 Å². The summed E-state index contributed by atoms with van der Waals surface area (Å²) in [5.74, 6) is -0.325.